The lowest BCUT2D eigenvalue weighted by Crippen LogP contribution is -2.24. The molecule has 1 aromatic heterocycles. The fraction of sp³-hybridized carbons (Fsp3) is 0.440. The Morgan fingerprint density at radius 2 is 2.07 bits per heavy atom. The fourth-order valence-electron chi connectivity index (χ4n) is 5.15. The molecule has 4 rings (SSSR count). The molecule has 0 spiro atoms. The monoisotopic (exact) mass is 393 g/mol. The van der Waals surface area contributed by atoms with E-state index < -0.39 is 0 Å². The normalized spacial score (nSPS) is 26.4. The Kier molecular flexibility index (Phi) is 6.08. The molecule has 4 heteroatoms. The molecule has 2 aliphatic carbocycles. The highest BCUT2D eigenvalue weighted by atomic mass is 19.1. The van der Waals surface area contributed by atoms with Crippen LogP contribution in [0.3, 0.4) is 0 Å². The molecule has 1 aromatic carbocycles. The number of hydrogen-bond acceptors (Lipinski definition) is 3. The third kappa shape index (κ3) is 4.42. The number of hydrogen-bond donors (Lipinski definition) is 0. The summed E-state index contributed by atoms with van der Waals surface area (Å²) in [5.41, 5.74) is 2.56. The zero-order valence-corrected chi connectivity index (χ0v) is 16.9. The molecule has 0 N–H and O–H groups in total. The Hall–Kier alpha value is -2.49. The summed E-state index contributed by atoms with van der Waals surface area (Å²) in [6.45, 7) is 2.30. The molecule has 29 heavy (non-hydrogen) atoms. The smallest absolute Gasteiger partial charge is 0.309 e. The minimum atomic E-state index is -0.250. The Balaban J connectivity index is 1.52. The molecule has 2 fully saturated rings. The molecule has 1 heterocycles. The molecule has 2 aliphatic rings. The maximum atomic E-state index is 13.4. The van der Waals surface area contributed by atoms with Crippen LogP contribution in [-0.4, -0.2) is 17.6 Å². The van der Waals surface area contributed by atoms with Crippen LogP contribution in [-0.2, 0) is 9.53 Å². The highest BCUT2D eigenvalue weighted by molar-refractivity contribution is 5.74. The molecule has 0 bridgehead atoms. The lowest BCUT2D eigenvalue weighted by Gasteiger charge is -2.28. The molecule has 152 valence electrons. The lowest BCUT2D eigenvalue weighted by molar-refractivity contribution is -0.148. The molecular weight excluding hydrogens is 365 g/mol. The van der Waals surface area contributed by atoms with Gasteiger partial charge in [0.05, 0.1) is 18.2 Å². The third-order valence-corrected chi connectivity index (χ3v) is 6.51. The summed E-state index contributed by atoms with van der Waals surface area (Å²) < 4.78 is 18.8. The van der Waals surface area contributed by atoms with Crippen molar-refractivity contribution in [3.63, 3.8) is 0 Å². The molecular formula is C25H28FNO2. The number of esters is 1. The minimum absolute atomic E-state index is 0.0362. The van der Waals surface area contributed by atoms with E-state index in [0.717, 1.165) is 23.2 Å². The molecule has 3 nitrogen and oxygen atoms in total. The quantitative estimate of drug-likeness (QED) is 0.593. The standard InChI is InChI=1S/C25H28FNO2/c1-2-29-25(28)24-15-18-6-3-4-9-22(18)23(24)13-12-21-11-10-19(16-27-21)17-7-5-8-20(26)14-17/h5,7-8,10-14,16,18,22-24H,2-4,6,9,15H2,1H3/b13-12+/t18-,22-,23+,24+/m1/s1. The van der Waals surface area contributed by atoms with Gasteiger partial charge in [-0.05, 0) is 67.4 Å². The topological polar surface area (TPSA) is 39.2 Å². The number of aromatic nitrogens is 1. The second-order valence-corrected chi connectivity index (χ2v) is 8.22. The molecule has 0 saturated heterocycles. The van der Waals surface area contributed by atoms with Gasteiger partial charge in [-0.1, -0.05) is 43.5 Å². The summed E-state index contributed by atoms with van der Waals surface area (Å²) >= 11 is 0. The molecule has 0 unspecified atom stereocenters. The predicted molar refractivity (Wildman–Crippen MR) is 112 cm³/mol. The van der Waals surface area contributed by atoms with E-state index >= 15 is 0 Å². The fourth-order valence-corrected chi connectivity index (χ4v) is 5.15. The first-order valence-corrected chi connectivity index (χ1v) is 10.7. The van der Waals surface area contributed by atoms with Gasteiger partial charge in [0, 0.05) is 11.8 Å². The molecule has 0 aliphatic heterocycles. The summed E-state index contributed by atoms with van der Waals surface area (Å²) in [4.78, 5) is 17.1. The van der Waals surface area contributed by atoms with Crippen molar-refractivity contribution in [3.8, 4) is 11.1 Å². The summed E-state index contributed by atoms with van der Waals surface area (Å²) in [7, 11) is 0. The van der Waals surface area contributed by atoms with Gasteiger partial charge in [0.25, 0.3) is 0 Å². The van der Waals surface area contributed by atoms with Gasteiger partial charge in [0.15, 0.2) is 0 Å². The van der Waals surface area contributed by atoms with Gasteiger partial charge in [-0.25, -0.2) is 4.39 Å². The van der Waals surface area contributed by atoms with E-state index in [-0.39, 0.29) is 23.6 Å². The largest absolute Gasteiger partial charge is 0.466 e. The number of carbonyl (C=O) groups is 1. The molecule has 2 aromatic rings. The average molecular weight is 394 g/mol. The molecule has 4 atom stereocenters. The van der Waals surface area contributed by atoms with E-state index in [1.165, 1.54) is 37.8 Å². The van der Waals surface area contributed by atoms with Gasteiger partial charge >= 0.3 is 5.97 Å². The maximum Gasteiger partial charge on any atom is 0.309 e. The first-order chi connectivity index (χ1) is 14.2. The number of nitrogens with zero attached hydrogens (tertiary/aromatic N) is 1. The van der Waals surface area contributed by atoms with Gasteiger partial charge in [-0.3, -0.25) is 9.78 Å². The second kappa shape index (κ2) is 8.89. The molecule has 0 radical (unpaired) electrons. The Labute approximate surface area is 172 Å². The van der Waals surface area contributed by atoms with Crippen LogP contribution in [0.15, 0.2) is 48.7 Å². The van der Waals surface area contributed by atoms with Crippen molar-refractivity contribution in [1.82, 2.24) is 4.98 Å². The van der Waals surface area contributed by atoms with Crippen LogP contribution in [0.4, 0.5) is 4.39 Å². The minimum Gasteiger partial charge on any atom is -0.466 e. The van der Waals surface area contributed by atoms with Crippen molar-refractivity contribution in [2.24, 2.45) is 23.7 Å². The van der Waals surface area contributed by atoms with Crippen LogP contribution in [0, 0.1) is 29.5 Å². The number of fused-ring (bicyclic) bond motifs is 1. The van der Waals surface area contributed by atoms with Crippen molar-refractivity contribution in [1.29, 1.82) is 0 Å². The summed E-state index contributed by atoms with van der Waals surface area (Å²) in [5.74, 6) is 1.10. The zero-order chi connectivity index (χ0) is 20.2. The van der Waals surface area contributed by atoms with Crippen LogP contribution in [0.25, 0.3) is 17.2 Å². The van der Waals surface area contributed by atoms with Crippen molar-refractivity contribution in [2.75, 3.05) is 6.61 Å². The van der Waals surface area contributed by atoms with Gasteiger partial charge in [-0.15, -0.1) is 0 Å². The number of pyridine rings is 1. The predicted octanol–water partition coefficient (Wildman–Crippen LogP) is 5.91. The van der Waals surface area contributed by atoms with E-state index in [2.05, 4.69) is 11.1 Å². The van der Waals surface area contributed by atoms with Crippen LogP contribution in [0.1, 0.15) is 44.7 Å². The first kappa shape index (κ1) is 19.8. The van der Waals surface area contributed by atoms with Crippen LogP contribution >= 0.6 is 0 Å². The van der Waals surface area contributed by atoms with Gasteiger partial charge in [-0.2, -0.15) is 0 Å². The Morgan fingerprint density at radius 3 is 2.83 bits per heavy atom. The Bertz CT molecular complexity index is 877. The number of rotatable bonds is 5. The number of carbonyl (C=O) groups excluding carboxylic acids is 1. The van der Waals surface area contributed by atoms with E-state index in [4.69, 9.17) is 4.74 Å². The van der Waals surface area contributed by atoms with Crippen molar-refractivity contribution < 1.29 is 13.9 Å². The summed E-state index contributed by atoms with van der Waals surface area (Å²) in [6, 6.07) is 10.4. The third-order valence-electron chi connectivity index (χ3n) is 6.51. The zero-order valence-electron chi connectivity index (χ0n) is 16.9. The van der Waals surface area contributed by atoms with Gasteiger partial charge < -0.3 is 4.74 Å². The molecule has 2 saturated carbocycles. The van der Waals surface area contributed by atoms with Gasteiger partial charge in [0.1, 0.15) is 5.82 Å². The number of allylic oxidation sites excluding steroid dienone is 1. The lowest BCUT2D eigenvalue weighted by atomic mass is 9.77. The average Bonchev–Trinajstić information content (AvgIpc) is 3.12. The highest BCUT2D eigenvalue weighted by Gasteiger charge is 2.46. The van der Waals surface area contributed by atoms with E-state index in [1.54, 1.807) is 12.3 Å². The molecule has 0 amide bonds. The number of ether oxygens (including phenoxy) is 1. The highest BCUT2D eigenvalue weighted by Crippen LogP contribution is 2.50. The first-order valence-electron chi connectivity index (χ1n) is 10.7. The maximum absolute atomic E-state index is 13.4. The van der Waals surface area contributed by atoms with E-state index in [0.29, 0.717) is 18.4 Å². The summed E-state index contributed by atoms with van der Waals surface area (Å²) in [6.07, 6.45) is 11.9. The van der Waals surface area contributed by atoms with Gasteiger partial charge in [0.2, 0.25) is 0 Å². The SMILES string of the molecule is CCOC(=O)[C@H]1C[C@H]2CCCC[C@H]2[C@@H]1/C=C/c1ccc(-c2cccc(F)c2)cn1. The van der Waals surface area contributed by atoms with Crippen LogP contribution in [0.5, 0.6) is 0 Å². The summed E-state index contributed by atoms with van der Waals surface area (Å²) in [5, 5.41) is 0. The number of benzene rings is 1. The van der Waals surface area contributed by atoms with Crippen molar-refractivity contribution >= 4 is 12.0 Å². The second-order valence-electron chi connectivity index (χ2n) is 8.22. The van der Waals surface area contributed by atoms with E-state index in [9.17, 15) is 9.18 Å². The van der Waals surface area contributed by atoms with E-state index in [1.807, 2.05) is 31.2 Å². The Morgan fingerprint density at radius 1 is 1.21 bits per heavy atom. The van der Waals surface area contributed by atoms with Crippen LogP contribution in [0.2, 0.25) is 0 Å². The van der Waals surface area contributed by atoms with Crippen molar-refractivity contribution in [3.05, 3.63) is 60.2 Å². The number of halogens is 1. The van der Waals surface area contributed by atoms with Crippen LogP contribution < -0.4 is 0 Å². The van der Waals surface area contributed by atoms with Crippen molar-refractivity contribution in [2.45, 2.75) is 39.0 Å².